The molecule has 0 amide bonds. The van der Waals surface area contributed by atoms with Crippen LogP contribution in [0.3, 0.4) is 0 Å². The molecule has 0 spiro atoms. The van der Waals surface area contributed by atoms with Gasteiger partial charge in [0.1, 0.15) is 0 Å². The van der Waals surface area contributed by atoms with E-state index in [0.29, 0.717) is 0 Å². The number of rotatable bonds is 4. The zero-order valence-corrected chi connectivity index (χ0v) is 35.2. The predicted octanol–water partition coefficient (Wildman–Crippen LogP) is 13.7. The molecular weight excluding hydrogens is 787 g/mol. The molecule has 15 rings (SSSR count). The van der Waals surface area contributed by atoms with Gasteiger partial charge in [0.05, 0.1) is 33.1 Å². The number of para-hydroxylation sites is 7. The quantitative estimate of drug-likeness (QED) is 0.158. The number of hydrogen-bond acceptors (Lipinski definition) is 0. The molecule has 0 aliphatic carbocycles. The summed E-state index contributed by atoms with van der Waals surface area (Å²) >= 11 is 0. The lowest BCUT2D eigenvalue weighted by Gasteiger charge is -2.29. The molecule has 14 aromatic rings. The SMILES string of the molecule is c1ccc(-c2cccc3c4ccccc4n(B4c5ccccc5-n5c6ccc(-n7c8ccccc8c8ccccc87)cc6c6cc(-n7c8ccccc8c8ccccc87)cc4c65)c23)cc1. The van der Waals surface area contributed by atoms with Gasteiger partial charge in [-0.3, -0.25) is 0 Å². The molecule has 4 aromatic heterocycles. The van der Waals surface area contributed by atoms with Crippen LogP contribution in [0.4, 0.5) is 0 Å². The highest BCUT2D eigenvalue weighted by atomic mass is 15.0. The molecule has 0 atom stereocenters. The smallest absolute Gasteiger partial charge is 0.332 e. The highest BCUT2D eigenvalue weighted by Crippen LogP contribution is 2.42. The zero-order valence-electron chi connectivity index (χ0n) is 35.2. The van der Waals surface area contributed by atoms with E-state index in [0.717, 1.165) is 11.4 Å². The Morgan fingerprint density at radius 3 is 1.42 bits per heavy atom. The third kappa shape index (κ3) is 4.66. The van der Waals surface area contributed by atoms with Gasteiger partial charge in [-0.25, -0.2) is 0 Å². The third-order valence-electron chi connectivity index (χ3n) is 14.4. The standard InChI is InChI=1S/C60H37BN4/c1-2-17-38(18-3-1)41-24-16-25-47-46-23-8-14-31-57(46)65(59(41)47)61-50-26-9-15-32-58(50)64-56-34-33-39(62-52-27-10-4-19-42(52)43-20-5-11-28-53(43)62)35-48(56)49-36-40(37-51(61)60(49)64)63-54-29-12-6-21-44(54)45-22-7-13-30-55(45)63/h1-37H. The van der Waals surface area contributed by atoms with Gasteiger partial charge in [-0.15, -0.1) is 0 Å². The van der Waals surface area contributed by atoms with Crippen LogP contribution < -0.4 is 10.9 Å². The summed E-state index contributed by atoms with van der Waals surface area (Å²) in [6, 6.07) is 83.4. The minimum absolute atomic E-state index is 0.150. The first-order chi connectivity index (χ1) is 32.3. The van der Waals surface area contributed by atoms with Crippen molar-refractivity contribution in [2.75, 3.05) is 0 Å². The molecule has 1 aliphatic heterocycles. The molecule has 0 saturated carbocycles. The van der Waals surface area contributed by atoms with Crippen LogP contribution in [0.25, 0.3) is 115 Å². The Balaban J connectivity index is 1.12. The van der Waals surface area contributed by atoms with Crippen molar-refractivity contribution in [2.24, 2.45) is 0 Å². The lowest BCUT2D eigenvalue weighted by Crippen LogP contribution is -2.53. The van der Waals surface area contributed by atoms with E-state index >= 15 is 0 Å². The average Bonchev–Trinajstić information content (AvgIpc) is 4.10. The van der Waals surface area contributed by atoms with Crippen molar-refractivity contribution in [3.63, 3.8) is 0 Å². The number of aromatic nitrogens is 4. The Labute approximate surface area is 374 Å². The molecule has 10 aromatic carbocycles. The van der Waals surface area contributed by atoms with Crippen LogP contribution in [0, 0.1) is 0 Å². The van der Waals surface area contributed by atoms with E-state index < -0.39 is 0 Å². The van der Waals surface area contributed by atoms with Crippen LogP contribution in [-0.2, 0) is 0 Å². The summed E-state index contributed by atoms with van der Waals surface area (Å²) in [5.74, 6) is 0. The van der Waals surface area contributed by atoms with Crippen LogP contribution in [0.1, 0.15) is 0 Å². The largest absolute Gasteiger partial charge is 0.375 e. The highest BCUT2D eigenvalue weighted by Gasteiger charge is 2.37. The van der Waals surface area contributed by atoms with Crippen molar-refractivity contribution >= 4 is 105 Å². The van der Waals surface area contributed by atoms with Gasteiger partial charge >= 0.3 is 6.85 Å². The molecule has 0 fully saturated rings. The van der Waals surface area contributed by atoms with Crippen molar-refractivity contribution in [1.82, 2.24) is 18.2 Å². The maximum atomic E-state index is 2.67. The van der Waals surface area contributed by atoms with Crippen LogP contribution in [0.5, 0.6) is 0 Å². The Morgan fingerprint density at radius 2 is 0.769 bits per heavy atom. The van der Waals surface area contributed by atoms with E-state index in [1.165, 1.54) is 115 Å². The topological polar surface area (TPSA) is 19.7 Å². The second-order valence-corrected chi connectivity index (χ2v) is 17.6. The normalized spacial score (nSPS) is 12.6. The van der Waals surface area contributed by atoms with Crippen molar-refractivity contribution in [3.8, 4) is 28.2 Å². The molecule has 4 nitrogen and oxygen atoms in total. The Kier molecular flexibility index (Phi) is 7.00. The van der Waals surface area contributed by atoms with Crippen LogP contribution in [-0.4, -0.2) is 25.0 Å². The first-order valence-electron chi connectivity index (χ1n) is 22.6. The van der Waals surface area contributed by atoms with Crippen molar-refractivity contribution in [1.29, 1.82) is 0 Å². The molecule has 5 heteroatoms. The molecular formula is C60H37BN4. The fraction of sp³-hybridized carbons (Fsp3) is 0. The number of fused-ring (bicyclic) bond motifs is 14. The molecule has 1 aliphatic rings. The monoisotopic (exact) mass is 824 g/mol. The van der Waals surface area contributed by atoms with Gasteiger partial charge in [-0.1, -0.05) is 158 Å². The van der Waals surface area contributed by atoms with E-state index in [4.69, 9.17) is 0 Å². The lowest BCUT2D eigenvalue weighted by atomic mass is 9.48. The van der Waals surface area contributed by atoms with Gasteiger partial charge < -0.3 is 18.2 Å². The third-order valence-corrected chi connectivity index (χ3v) is 14.4. The van der Waals surface area contributed by atoms with Gasteiger partial charge in [0.25, 0.3) is 0 Å². The molecule has 0 radical (unpaired) electrons. The van der Waals surface area contributed by atoms with E-state index in [9.17, 15) is 0 Å². The molecule has 65 heavy (non-hydrogen) atoms. The molecule has 0 saturated heterocycles. The molecule has 0 N–H and O–H groups in total. The number of hydrogen-bond donors (Lipinski definition) is 0. The Hall–Kier alpha value is -8.54. The van der Waals surface area contributed by atoms with Crippen LogP contribution in [0.15, 0.2) is 224 Å². The summed E-state index contributed by atoms with van der Waals surface area (Å²) in [4.78, 5) is 0. The maximum absolute atomic E-state index is 2.67. The van der Waals surface area contributed by atoms with Gasteiger partial charge in [0, 0.05) is 76.7 Å². The Morgan fingerprint density at radius 1 is 0.277 bits per heavy atom. The lowest BCUT2D eigenvalue weighted by molar-refractivity contribution is 1.16. The minimum Gasteiger partial charge on any atom is -0.375 e. The summed E-state index contributed by atoms with van der Waals surface area (Å²) in [6.07, 6.45) is 0. The summed E-state index contributed by atoms with van der Waals surface area (Å²) in [6.45, 7) is -0.150. The van der Waals surface area contributed by atoms with Gasteiger partial charge in [-0.2, -0.15) is 0 Å². The van der Waals surface area contributed by atoms with Crippen molar-refractivity contribution in [3.05, 3.63) is 224 Å². The molecule has 0 bridgehead atoms. The van der Waals surface area contributed by atoms with Gasteiger partial charge in [0.15, 0.2) is 0 Å². The number of nitrogens with zero attached hydrogens (tertiary/aromatic N) is 4. The Bertz CT molecular complexity index is 4210. The van der Waals surface area contributed by atoms with E-state index in [1.54, 1.807) is 0 Å². The van der Waals surface area contributed by atoms with Crippen LogP contribution >= 0.6 is 0 Å². The predicted molar refractivity (Wildman–Crippen MR) is 275 cm³/mol. The summed E-state index contributed by atoms with van der Waals surface area (Å²) in [5, 5.41) is 10.0. The molecule has 5 heterocycles. The van der Waals surface area contributed by atoms with Crippen molar-refractivity contribution in [2.45, 2.75) is 0 Å². The van der Waals surface area contributed by atoms with Gasteiger partial charge in [-0.05, 0) is 83.2 Å². The highest BCUT2D eigenvalue weighted by molar-refractivity contribution is 6.88. The molecule has 300 valence electrons. The van der Waals surface area contributed by atoms with Gasteiger partial charge in [0.2, 0.25) is 0 Å². The fourth-order valence-electron chi connectivity index (χ4n) is 11.8. The van der Waals surface area contributed by atoms with E-state index in [1.807, 2.05) is 0 Å². The molecule has 0 unspecified atom stereocenters. The fourth-order valence-corrected chi connectivity index (χ4v) is 11.8. The number of benzene rings is 10. The minimum atomic E-state index is -0.150. The average molecular weight is 825 g/mol. The second kappa shape index (κ2) is 13.0. The summed E-state index contributed by atoms with van der Waals surface area (Å²) in [5.41, 5.74) is 18.2. The first-order valence-corrected chi connectivity index (χ1v) is 22.6. The second-order valence-electron chi connectivity index (χ2n) is 17.6. The summed E-state index contributed by atoms with van der Waals surface area (Å²) < 4.78 is 10.2. The first kappa shape index (κ1) is 35.0. The van der Waals surface area contributed by atoms with E-state index in [2.05, 4.69) is 243 Å². The zero-order chi connectivity index (χ0) is 42.3. The maximum Gasteiger partial charge on any atom is 0.332 e. The van der Waals surface area contributed by atoms with Crippen LogP contribution in [0.2, 0.25) is 0 Å². The van der Waals surface area contributed by atoms with Crippen molar-refractivity contribution < 1.29 is 0 Å². The summed E-state index contributed by atoms with van der Waals surface area (Å²) in [7, 11) is 0. The van der Waals surface area contributed by atoms with E-state index in [-0.39, 0.29) is 6.85 Å².